The average molecular weight is 208 g/mol. The summed E-state index contributed by atoms with van der Waals surface area (Å²) in [5, 5.41) is 9.00. The van der Waals surface area contributed by atoms with E-state index in [0.717, 1.165) is 12.7 Å². The molecular formula is C8H16O4S. The first-order valence-electron chi connectivity index (χ1n) is 4.37. The summed E-state index contributed by atoms with van der Waals surface area (Å²) in [5.74, 6) is -0.0234. The van der Waals surface area contributed by atoms with Gasteiger partial charge in [0.15, 0.2) is 9.84 Å². The van der Waals surface area contributed by atoms with Crippen molar-refractivity contribution in [1.82, 2.24) is 0 Å². The Kier molecular flexibility index (Phi) is 3.32. The lowest BCUT2D eigenvalue weighted by Gasteiger charge is -2.21. The number of hydrogen-bond donors (Lipinski definition) is 1. The van der Waals surface area contributed by atoms with Crippen LogP contribution in [0.25, 0.3) is 0 Å². The van der Waals surface area contributed by atoms with E-state index in [9.17, 15) is 13.5 Å². The van der Waals surface area contributed by atoms with Crippen molar-refractivity contribution in [2.45, 2.75) is 24.7 Å². The van der Waals surface area contributed by atoms with Crippen molar-refractivity contribution in [3.8, 4) is 0 Å². The van der Waals surface area contributed by atoms with Crippen LogP contribution in [0, 0.1) is 5.92 Å². The van der Waals surface area contributed by atoms with E-state index in [1.807, 2.05) is 0 Å². The van der Waals surface area contributed by atoms with Crippen LogP contribution in [-0.2, 0) is 14.6 Å². The highest BCUT2D eigenvalue weighted by atomic mass is 32.2. The lowest BCUT2D eigenvalue weighted by Crippen LogP contribution is -2.36. The minimum atomic E-state index is -3.15. The van der Waals surface area contributed by atoms with Gasteiger partial charge in [0.2, 0.25) is 0 Å². The van der Waals surface area contributed by atoms with Crippen LogP contribution < -0.4 is 0 Å². The standard InChI is InChI=1S/C8H16O4S/c1-6(13(2,10)11)8(9)7-3-4-12-5-7/h6-9H,3-5H2,1-2H3. The third-order valence-corrected chi connectivity index (χ3v) is 4.23. The molecule has 5 heteroatoms. The fourth-order valence-electron chi connectivity index (χ4n) is 1.46. The third-order valence-electron chi connectivity index (χ3n) is 2.60. The molecule has 1 N–H and O–H groups in total. The van der Waals surface area contributed by atoms with Crippen LogP contribution in [-0.4, -0.2) is 44.3 Å². The normalized spacial score (nSPS) is 28.7. The van der Waals surface area contributed by atoms with E-state index in [1.165, 1.54) is 0 Å². The van der Waals surface area contributed by atoms with Crippen molar-refractivity contribution in [2.24, 2.45) is 5.92 Å². The summed E-state index contributed by atoms with van der Waals surface area (Å²) in [6.45, 7) is 2.64. The predicted octanol–water partition coefficient (Wildman–Crippen LogP) is -0.183. The molecule has 1 heterocycles. The molecular weight excluding hydrogens is 192 g/mol. The van der Waals surface area contributed by atoms with E-state index >= 15 is 0 Å². The van der Waals surface area contributed by atoms with Crippen LogP contribution in [0.3, 0.4) is 0 Å². The Bertz CT molecular complexity index is 253. The topological polar surface area (TPSA) is 63.6 Å². The van der Waals surface area contributed by atoms with Gasteiger partial charge in [-0.2, -0.15) is 0 Å². The van der Waals surface area contributed by atoms with Crippen molar-refractivity contribution in [3.05, 3.63) is 0 Å². The SMILES string of the molecule is CC(C(O)C1CCOC1)S(C)(=O)=O. The maximum Gasteiger partial charge on any atom is 0.152 e. The predicted molar refractivity (Wildman–Crippen MR) is 49.2 cm³/mol. The first kappa shape index (κ1) is 10.9. The van der Waals surface area contributed by atoms with Gasteiger partial charge < -0.3 is 9.84 Å². The minimum Gasteiger partial charge on any atom is -0.391 e. The van der Waals surface area contributed by atoms with Crippen molar-refractivity contribution in [2.75, 3.05) is 19.5 Å². The average Bonchev–Trinajstić information content (AvgIpc) is 2.51. The highest BCUT2D eigenvalue weighted by Crippen LogP contribution is 2.21. The fourth-order valence-corrected chi connectivity index (χ4v) is 2.19. The van der Waals surface area contributed by atoms with Gasteiger partial charge in [0.05, 0.1) is 18.0 Å². The minimum absolute atomic E-state index is 0.0234. The summed E-state index contributed by atoms with van der Waals surface area (Å²) < 4.78 is 27.3. The number of rotatable bonds is 3. The molecule has 13 heavy (non-hydrogen) atoms. The van der Waals surface area contributed by atoms with Crippen LogP contribution in [0.1, 0.15) is 13.3 Å². The fraction of sp³-hybridized carbons (Fsp3) is 1.00. The Balaban J connectivity index is 2.61. The van der Waals surface area contributed by atoms with Crippen molar-refractivity contribution in [1.29, 1.82) is 0 Å². The summed E-state index contributed by atoms with van der Waals surface area (Å²) in [7, 11) is -3.15. The van der Waals surface area contributed by atoms with E-state index in [2.05, 4.69) is 0 Å². The third kappa shape index (κ3) is 2.65. The Morgan fingerprint density at radius 2 is 2.15 bits per heavy atom. The number of ether oxygens (including phenoxy) is 1. The largest absolute Gasteiger partial charge is 0.391 e. The van der Waals surface area contributed by atoms with Gasteiger partial charge in [0, 0.05) is 18.8 Å². The van der Waals surface area contributed by atoms with Gasteiger partial charge in [-0.3, -0.25) is 0 Å². The Morgan fingerprint density at radius 1 is 1.54 bits per heavy atom. The summed E-state index contributed by atoms with van der Waals surface area (Å²) in [6.07, 6.45) is 1.11. The smallest absolute Gasteiger partial charge is 0.152 e. The molecule has 1 fully saturated rings. The molecule has 1 aliphatic heterocycles. The second-order valence-electron chi connectivity index (χ2n) is 3.65. The number of hydrogen-bond acceptors (Lipinski definition) is 4. The Labute approximate surface area is 78.8 Å². The molecule has 0 bridgehead atoms. The molecule has 0 spiro atoms. The summed E-state index contributed by atoms with van der Waals surface area (Å²) in [4.78, 5) is 0. The second kappa shape index (κ2) is 3.94. The van der Waals surface area contributed by atoms with Gasteiger partial charge in [-0.05, 0) is 13.3 Å². The van der Waals surface area contributed by atoms with Gasteiger partial charge >= 0.3 is 0 Å². The zero-order valence-electron chi connectivity index (χ0n) is 7.93. The summed E-state index contributed by atoms with van der Waals surface area (Å²) >= 11 is 0. The molecule has 3 atom stereocenters. The van der Waals surface area contributed by atoms with Crippen LogP contribution in [0.4, 0.5) is 0 Å². The van der Waals surface area contributed by atoms with Crippen LogP contribution in [0.15, 0.2) is 0 Å². The monoisotopic (exact) mass is 208 g/mol. The Morgan fingerprint density at radius 3 is 2.54 bits per heavy atom. The van der Waals surface area contributed by atoms with E-state index in [0.29, 0.717) is 13.2 Å². The van der Waals surface area contributed by atoms with E-state index < -0.39 is 21.2 Å². The quantitative estimate of drug-likeness (QED) is 0.698. The van der Waals surface area contributed by atoms with Gasteiger partial charge in [0.25, 0.3) is 0 Å². The molecule has 0 aromatic carbocycles. The van der Waals surface area contributed by atoms with Crippen molar-refractivity contribution < 1.29 is 18.3 Å². The molecule has 4 nitrogen and oxygen atoms in total. The molecule has 0 saturated carbocycles. The van der Waals surface area contributed by atoms with Crippen LogP contribution in [0.2, 0.25) is 0 Å². The molecule has 3 unspecified atom stereocenters. The highest BCUT2D eigenvalue weighted by molar-refractivity contribution is 7.91. The molecule has 0 aromatic rings. The molecule has 1 aliphatic rings. The second-order valence-corrected chi connectivity index (χ2v) is 6.05. The summed E-state index contributed by atoms with van der Waals surface area (Å²) in [6, 6.07) is 0. The molecule has 78 valence electrons. The number of sulfone groups is 1. The van der Waals surface area contributed by atoms with Crippen molar-refractivity contribution in [3.63, 3.8) is 0 Å². The number of aliphatic hydroxyl groups is 1. The first-order valence-corrected chi connectivity index (χ1v) is 6.33. The molecule has 0 aromatic heterocycles. The first-order chi connectivity index (χ1) is 5.93. The van der Waals surface area contributed by atoms with Crippen LogP contribution in [0.5, 0.6) is 0 Å². The highest BCUT2D eigenvalue weighted by Gasteiger charge is 2.33. The lowest BCUT2D eigenvalue weighted by atomic mass is 10.00. The molecule has 1 rings (SSSR count). The maximum absolute atomic E-state index is 11.1. The van der Waals surface area contributed by atoms with Gasteiger partial charge in [-0.1, -0.05) is 0 Å². The molecule has 1 saturated heterocycles. The van der Waals surface area contributed by atoms with Gasteiger partial charge in [0.1, 0.15) is 0 Å². The lowest BCUT2D eigenvalue weighted by molar-refractivity contribution is 0.0910. The van der Waals surface area contributed by atoms with Crippen molar-refractivity contribution >= 4 is 9.84 Å². The van der Waals surface area contributed by atoms with E-state index in [1.54, 1.807) is 6.92 Å². The Hall–Kier alpha value is -0.130. The van der Waals surface area contributed by atoms with Crippen LogP contribution >= 0.6 is 0 Å². The molecule has 0 amide bonds. The van der Waals surface area contributed by atoms with E-state index in [-0.39, 0.29) is 5.92 Å². The molecule has 0 radical (unpaired) electrons. The van der Waals surface area contributed by atoms with Gasteiger partial charge in [-0.25, -0.2) is 8.42 Å². The zero-order valence-corrected chi connectivity index (χ0v) is 8.75. The zero-order chi connectivity index (χ0) is 10.1. The maximum atomic E-state index is 11.1. The summed E-state index contributed by atoms with van der Waals surface area (Å²) in [5.41, 5.74) is 0. The molecule has 0 aliphatic carbocycles. The number of aliphatic hydroxyl groups excluding tert-OH is 1. The van der Waals surface area contributed by atoms with E-state index in [4.69, 9.17) is 4.74 Å². The van der Waals surface area contributed by atoms with Gasteiger partial charge in [-0.15, -0.1) is 0 Å².